The van der Waals surface area contributed by atoms with Gasteiger partial charge in [-0.2, -0.15) is 5.26 Å². The lowest BCUT2D eigenvalue weighted by molar-refractivity contribution is 0.251. The number of anilines is 1. The van der Waals surface area contributed by atoms with Gasteiger partial charge in [-0.05, 0) is 73.1 Å². The highest BCUT2D eigenvalue weighted by Gasteiger charge is 2.13. The Balaban J connectivity index is 1.66. The summed E-state index contributed by atoms with van der Waals surface area (Å²) in [6.07, 6.45) is 0.890. The molecule has 1 unspecified atom stereocenters. The van der Waals surface area contributed by atoms with Crippen molar-refractivity contribution >= 4 is 23.3 Å². The molecule has 0 aliphatic carbocycles. The van der Waals surface area contributed by atoms with E-state index in [0.717, 1.165) is 29.7 Å². The summed E-state index contributed by atoms with van der Waals surface area (Å²) >= 11 is 5.88. The first kappa shape index (κ1) is 22.4. The standard InChI is InChI=1S/C25H25ClN4O/c1-28-14-13-22(17-29-25(31)30-24-11-9-23(26)10-12-24)20-7-5-19(6-8-20)21-4-2-3-18(15-21)16-27/h2-12,15,22,28H,13-14,17H2,1H3,(H2,29,30,31). The van der Waals surface area contributed by atoms with E-state index in [1.54, 1.807) is 30.3 Å². The van der Waals surface area contributed by atoms with Crippen LogP contribution in [-0.4, -0.2) is 26.2 Å². The summed E-state index contributed by atoms with van der Waals surface area (Å²) in [5.41, 5.74) is 4.56. The fraction of sp³-hybridized carbons (Fsp3) is 0.200. The van der Waals surface area contributed by atoms with Gasteiger partial charge in [-0.15, -0.1) is 0 Å². The second-order valence-electron chi connectivity index (χ2n) is 7.25. The van der Waals surface area contributed by atoms with E-state index in [2.05, 4.69) is 46.3 Å². The minimum absolute atomic E-state index is 0.169. The molecule has 6 heteroatoms. The van der Waals surface area contributed by atoms with Crippen molar-refractivity contribution in [1.29, 1.82) is 5.26 Å². The molecule has 5 nitrogen and oxygen atoms in total. The van der Waals surface area contributed by atoms with Gasteiger partial charge < -0.3 is 16.0 Å². The summed E-state index contributed by atoms with van der Waals surface area (Å²) in [5.74, 6) is 0.169. The number of urea groups is 1. The molecule has 3 N–H and O–H groups in total. The van der Waals surface area contributed by atoms with Gasteiger partial charge in [0.15, 0.2) is 0 Å². The lowest BCUT2D eigenvalue weighted by Crippen LogP contribution is -2.33. The van der Waals surface area contributed by atoms with Gasteiger partial charge in [-0.1, -0.05) is 48.0 Å². The SMILES string of the molecule is CNCCC(CNC(=O)Nc1ccc(Cl)cc1)c1ccc(-c2cccc(C#N)c2)cc1. The first-order valence-electron chi connectivity index (χ1n) is 10.1. The van der Waals surface area contributed by atoms with Gasteiger partial charge in [0.25, 0.3) is 0 Å². The van der Waals surface area contributed by atoms with E-state index in [1.807, 2.05) is 25.2 Å². The summed E-state index contributed by atoms with van der Waals surface area (Å²) in [6.45, 7) is 1.36. The minimum atomic E-state index is -0.248. The Bertz CT molecular complexity index is 1040. The summed E-state index contributed by atoms with van der Waals surface area (Å²) < 4.78 is 0. The van der Waals surface area contributed by atoms with Crippen molar-refractivity contribution in [2.24, 2.45) is 0 Å². The smallest absolute Gasteiger partial charge is 0.319 e. The van der Waals surface area contributed by atoms with Crippen LogP contribution in [0.15, 0.2) is 72.8 Å². The van der Waals surface area contributed by atoms with Gasteiger partial charge >= 0.3 is 6.03 Å². The molecule has 31 heavy (non-hydrogen) atoms. The van der Waals surface area contributed by atoms with Crippen LogP contribution in [0.4, 0.5) is 10.5 Å². The van der Waals surface area contributed by atoms with Crippen molar-refractivity contribution in [3.05, 3.63) is 88.9 Å². The van der Waals surface area contributed by atoms with E-state index < -0.39 is 0 Å². The fourth-order valence-corrected chi connectivity index (χ4v) is 3.47. The molecule has 0 fully saturated rings. The van der Waals surface area contributed by atoms with Crippen LogP contribution in [0.5, 0.6) is 0 Å². The topological polar surface area (TPSA) is 76.9 Å². The Morgan fingerprint density at radius 3 is 2.45 bits per heavy atom. The number of carbonyl (C=O) groups is 1. The van der Waals surface area contributed by atoms with Crippen LogP contribution in [-0.2, 0) is 0 Å². The second kappa shape index (κ2) is 11.2. The zero-order valence-electron chi connectivity index (χ0n) is 17.4. The van der Waals surface area contributed by atoms with Crippen molar-refractivity contribution < 1.29 is 4.79 Å². The molecule has 3 aromatic carbocycles. The Morgan fingerprint density at radius 1 is 1.03 bits per heavy atom. The van der Waals surface area contributed by atoms with Gasteiger partial charge in [0.1, 0.15) is 0 Å². The minimum Gasteiger partial charge on any atom is -0.337 e. The monoisotopic (exact) mass is 432 g/mol. The molecule has 3 aromatic rings. The molecule has 158 valence electrons. The normalized spacial score (nSPS) is 11.4. The highest BCUT2D eigenvalue weighted by molar-refractivity contribution is 6.30. The summed E-state index contributed by atoms with van der Waals surface area (Å²) in [4.78, 5) is 12.3. The van der Waals surface area contributed by atoms with E-state index in [1.165, 1.54) is 0 Å². The summed E-state index contributed by atoms with van der Waals surface area (Å²) in [6, 6.07) is 24.8. The maximum absolute atomic E-state index is 12.3. The highest BCUT2D eigenvalue weighted by atomic mass is 35.5. The van der Waals surface area contributed by atoms with E-state index >= 15 is 0 Å². The molecule has 0 aliphatic heterocycles. The number of benzene rings is 3. The number of hydrogen-bond acceptors (Lipinski definition) is 3. The van der Waals surface area contributed by atoms with Crippen LogP contribution in [0.25, 0.3) is 11.1 Å². The highest BCUT2D eigenvalue weighted by Crippen LogP contribution is 2.25. The van der Waals surface area contributed by atoms with Gasteiger partial charge in [-0.3, -0.25) is 0 Å². The number of nitriles is 1. The third-order valence-electron chi connectivity index (χ3n) is 5.06. The summed E-state index contributed by atoms with van der Waals surface area (Å²) in [5, 5.41) is 18.7. The van der Waals surface area contributed by atoms with E-state index in [9.17, 15) is 4.79 Å². The van der Waals surface area contributed by atoms with Crippen molar-refractivity contribution in [1.82, 2.24) is 10.6 Å². The summed E-state index contributed by atoms with van der Waals surface area (Å²) in [7, 11) is 1.92. The number of carbonyl (C=O) groups excluding carboxylic acids is 1. The fourth-order valence-electron chi connectivity index (χ4n) is 3.35. The predicted octanol–water partition coefficient (Wildman–Crippen LogP) is 5.39. The van der Waals surface area contributed by atoms with Crippen LogP contribution in [0.1, 0.15) is 23.5 Å². The van der Waals surface area contributed by atoms with Gasteiger partial charge in [-0.25, -0.2) is 4.79 Å². The molecule has 0 saturated heterocycles. The molecule has 0 aromatic heterocycles. The number of nitrogens with one attached hydrogen (secondary N) is 3. The quantitative estimate of drug-likeness (QED) is 0.446. The van der Waals surface area contributed by atoms with E-state index in [0.29, 0.717) is 22.8 Å². The lowest BCUT2D eigenvalue weighted by Gasteiger charge is -2.19. The molecule has 1 atom stereocenters. The number of hydrogen-bond donors (Lipinski definition) is 3. The van der Waals surface area contributed by atoms with Crippen molar-refractivity contribution in [2.45, 2.75) is 12.3 Å². The maximum Gasteiger partial charge on any atom is 0.319 e. The van der Waals surface area contributed by atoms with Crippen LogP contribution in [0.3, 0.4) is 0 Å². The van der Waals surface area contributed by atoms with Gasteiger partial charge in [0.2, 0.25) is 0 Å². The Morgan fingerprint density at radius 2 is 1.77 bits per heavy atom. The number of nitrogens with zero attached hydrogens (tertiary/aromatic N) is 1. The third-order valence-corrected chi connectivity index (χ3v) is 5.31. The lowest BCUT2D eigenvalue weighted by atomic mass is 9.93. The molecule has 0 aliphatic rings. The maximum atomic E-state index is 12.3. The van der Waals surface area contributed by atoms with Crippen LogP contribution in [0, 0.1) is 11.3 Å². The number of halogens is 1. The molecule has 3 rings (SSSR count). The van der Waals surface area contributed by atoms with Crippen LogP contribution in [0.2, 0.25) is 5.02 Å². The van der Waals surface area contributed by atoms with Gasteiger partial charge in [0, 0.05) is 23.2 Å². The average molecular weight is 433 g/mol. The van der Waals surface area contributed by atoms with Crippen molar-refractivity contribution in [3.63, 3.8) is 0 Å². The largest absolute Gasteiger partial charge is 0.337 e. The van der Waals surface area contributed by atoms with Crippen molar-refractivity contribution in [3.8, 4) is 17.2 Å². The molecule has 0 bridgehead atoms. The van der Waals surface area contributed by atoms with Crippen LogP contribution >= 0.6 is 11.6 Å². The first-order chi connectivity index (χ1) is 15.1. The van der Waals surface area contributed by atoms with E-state index in [-0.39, 0.29) is 11.9 Å². The first-order valence-corrected chi connectivity index (χ1v) is 10.5. The van der Waals surface area contributed by atoms with Crippen LogP contribution < -0.4 is 16.0 Å². The molecule has 0 saturated carbocycles. The second-order valence-corrected chi connectivity index (χ2v) is 7.68. The Labute approximate surface area is 188 Å². The predicted molar refractivity (Wildman–Crippen MR) is 126 cm³/mol. The Hall–Kier alpha value is -3.33. The molecular weight excluding hydrogens is 408 g/mol. The molecule has 0 heterocycles. The van der Waals surface area contributed by atoms with E-state index in [4.69, 9.17) is 16.9 Å². The molecule has 0 radical (unpaired) electrons. The van der Waals surface area contributed by atoms with Gasteiger partial charge in [0.05, 0.1) is 11.6 Å². The average Bonchev–Trinajstić information content (AvgIpc) is 2.81. The molecular formula is C25H25ClN4O. The zero-order valence-corrected chi connectivity index (χ0v) is 18.1. The number of rotatable bonds is 8. The molecule has 2 amide bonds. The number of amides is 2. The molecule has 0 spiro atoms. The third kappa shape index (κ3) is 6.58. The Kier molecular flexibility index (Phi) is 8.05. The van der Waals surface area contributed by atoms with Crippen molar-refractivity contribution in [2.75, 3.05) is 25.5 Å². The zero-order chi connectivity index (χ0) is 22.1.